The van der Waals surface area contributed by atoms with Crippen LogP contribution in [0.5, 0.6) is 0 Å². The maximum atomic E-state index is 12.3. The molecule has 0 unspecified atom stereocenters. The van der Waals surface area contributed by atoms with Gasteiger partial charge in [-0.3, -0.25) is 9.69 Å². The summed E-state index contributed by atoms with van der Waals surface area (Å²) in [5.41, 5.74) is 4.27. The van der Waals surface area contributed by atoms with E-state index in [4.69, 9.17) is 4.42 Å². The fourth-order valence-corrected chi connectivity index (χ4v) is 3.76. The molecule has 1 aromatic heterocycles. The van der Waals surface area contributed by atoms with E-state index in [2.05, 4.69) is 22.3 Å². The number of fused-ring (bicyclic) bond motifs is 1. The van der Waals surface area contributed by atoms with Gasteiger partial charge in [-0.15, -0.1) is 0 Å². The number of furan rings is 1. The quantitative estimate of drug-likeness (QED) is 0.934. The molecule has 0 atom stereocenters. The molecular formula is C20H24N2O2. The zero-order valence-electron chi connectivity index (χ0n) is 14.2. The summed E-state index contributed by atoms with van der Waals surface area (Å²) in [6, 6.07) is 8.86. The summed E-state index contributed by atoms with van der Waals surface area (Å²) in [6.07, 6.45) is 7.85. The smallest absolute Gasteiger partial charge is 0.259 e. The van der Waals surface area contributed by atoms with Crippen molar-refractivity contribution in [2.45, 2.75) is 45.1 Å². The van der Waals surface area contributed by atoms with Crippen LogP contribution in [0.15, 0.2) is 34.9 Å². The van der Waals surface area contributed by atoms with E-state index in [1.165, 1.54) is 30.4 Å². The number of rotatable bonds is 3. The van der Waals surface area contributed by atoms with E-state index in [1.807, 2.05) is 6.07 Å². The van der Waals surface area contributed by atoms with Crippen LogP contribution in [0.4, 0.5) is 5.69 Å². The number of nitrogens with zero attached hydrogens (tertiary/aromatic N) is 1. The largest absolute Gasteiger partial charge is 0.469 e. The highest BCUT2D eigenvalue weighted by atomic mass is 16.3. The summed E-state index contributed by atoms with van der Waals surface area (Å²) >= 11 is 0. The van der Waals surface area contributed by atoms with Gasteiger partial charge in [0.25, 0.3) is 5.91 Å². The number of amides is 1. The fraction of sp³-hybridized carbons (Fsp3) is 0.450. The number of benzene rings is 1. The zero-order chi connectivity index (χ0) is 16.5. The summed E-state index contributed by atoms with van der Waals surface area (Å²) in [5.74, 6) is 0.546. The van der Waals surface area contributed by atoms with E-state index < -0.39 is 0 Å². The van der Waals surface area contributed by atoms with Crippen molar-refractivity contribution in [1.82, 2.24) is 4.90 Å². The number of carbonyl (C=O) groups excluding carboxylic acids is 1. The van der Waals surface area contributed by atoms with Gasteiger partial charge >= 0.3 is 0 Å². The van der Waals surface area contributed by atoms with Crippen LogP contribution in [-0.2, 0) is 12.8 Å². The van der Waals surface area contributed by atoms with E-state index in [-0.39, 0.29) is 5.91 Å². The van der Waals surface area contributed by atoms with Crippen LogP contribution in [0.1, 0.15) is 46.5 Å². The Kier molecular flexibility index (Phi) is 4.15. The zero-order valence-corrected chi connectivity index (χ0v) is 14.2. The third-order valence-electron chi connectivity index (χ3n) is 5.50. The maximum Gasteiger partial charge on any atom is 0.259 e. The average Bonchev–Trinajstić information content (AvgIpc) is 2.85. The van der Waals surface area contributed by atoms with Crippen LogP contribution < -0.4 is 5.32 Å². The number of hydrogen-bond acceptors (Lipinski definition) is 3. The second-order valence-corrected chi connectivity index (χ2v) is 6.95. The lowest BCUT2D eigenvalue weighted by atomic mass is 9.91. The summed E-state index contributed by atoms with van der Waals surface area (Å²) in [4.78, 5) is 15.0. The van der Waals surface area contributed by atoms with Gasteiger partial charge in [0.1, 0.15) is 5.76 Å². The fourth-order valence-electron chi connectivity index (χ4n) is 3.76. The van der Waals surface area contributed by atoms with Gasteiger partial charge < -0.3 is 9.73 Å². The molecule has 2 aliphatic rings. The molecule has 1 N–H and O–H groups in total. The second-order valence-electron chi connectivity index (χ2n) is 6.95. The number of carbonyl (C=O) groups is 1. The standard InChI is InChI=1S/C20H24N2O2/c1-14-19(9-12-24-14)20(23)21-17-6-5-15-7-10-22(18-3-2-4-18)11-8-16(15)13-17/h5-6,9,12-13,18H,2-4,7-8,10-11H2,1H3,(H,21,23). The first kappa shape index (κ1) is 15.5. The monoisotopic (exact) mass is 324 g/mol. The van der Waals surface area contributed by atoms with Gasteiger partial charge in [0, 0.05) is 24.8 Å². The minimum absolute atomic E-state index is 0.106. The van der Waals surface area contributed by atoms with E-state index in [9.17, 15) is 4.79 Å². The van der Waals surface area contributed by atoms with Crippen LogP contribution in [0.2, 0.25) is 0 Å². The van der Waals surface area contributed by atoms with Crippen molar-refractivity contribution in [3.63, 3.8) is 0 Å². The van der Waals surface area contributed by atoms with Gasteiger partial charge in [-0.05, 0) is 61.9 Å². The molecule has 1 amide bonds. The third kappa shape index (κ3) is 2.98. The van der Waals surface area contributed by atoms with E-state index in [0.717, 1.165) is 37.7 Å². The predicted octanol–water partition coefficient (Wildman–Crippen LogP) is 3.79. The van der Waals surface area contributed by atoms with Gasteiger partial charge in [0.15, 0.2) is 0 Å². The average molecular weight is 324 g/mol. The van der Waals surface area contributed by atoms with Crippen LogP contribution >= 0.6 is 0 Å². The maximum absolute atomic E-state index is 12.3. The van der Waals surface area contributed by atoms with Crippen molar-refractivity contribution >= 4 is 11.6 Å². The molecule has 4 nitrogen and oxygen atoms in total. The van der Waals surface area contributed by atoms with Crippen molar-refractivity contribution < 1.29 is 9.21 Å². The number of aryl methyl sites for hydroxylation is 1. The lowest BCUT2D eigenvalue weighted by molar-refractivity contribution is 0.102. The van der Waals surface area contributed by atoms with Crippen molar-refractivity contribution in [1.29, 1.82) is 0 Å². The Hall–Kier alpha value is -2.07. The molecule has 2 aromatic rings. The lowest BCUT2D eigenvalue weighted by Crippen LogP contribution is -2.41. The van der Waals surface area contributed by atoms with Gasteiger partial charge in [0.2, 0.25) is 0 Å². The number of nitrogens with one attached hydrogen (secondary N) is 1. The van der Waals surface area contributed by atoms with Crippen molar-refractivity contribution in [2.24, 2.45) is 0 Å². The van der Waals surface area contributed by atoms with Crippen LogP contribution in [0, 0.1) is 6.92 Å². The Morgan fingerprint density at radius 2 is 1.96 bits per heavy atom. The van der Waals surface area contributed by atoms with E-state index in [0.29, 0.717) is 11.3 Å². The summed E-state index contributed by atoms with van der Waals surface area (Å²) in [6.45, 7) is 4.11. The first-order valence-electron chi connectivity index (χ1n) is 8.92. The van der Waals surface area contributed by atoms with Gasteiger partial charge in [-0.2, -0.15) is 0 Å². The molecule has 2 heterocycles. The predicted molar refractivity (Wildman–Crippen MR) is 94.5 cm³/mol. The van der Waals surface area contributed by atoms with Crippen LogP contribution in [0.25, 0.3) is 0 Å². The van der Waals surface area contributed by atoms with Gasteiger partial charge in [-0.1, -0.05) is 12.5 Å². The van der Waals surface area contributed by atoms with Crippen LogP contribution in [0.3, 0.4) is 0 Å². The van der Waals surface area contributed by atoms with E-state index >= 15 is 0 Å². The molecule has 1 saturated carbocycles. The highest BCUT2D eigenvalue weighted by molar-refractivity contribution is 6.04. The lowest BCUT2D eigenvalue weighted by Gasteiger charge is -2.36. The molecule has 4 heteroatoms. The number of hydrogen-bond donors (Lipinski definition) is 1. The number of anilines is 1. The molecule has 1 aliphatic heterocycles. The van der Waals surface area contributed by atoms with Crippen molar-refractivity contribution in [3.05, 3.63) is 53.0 Å². The molecule has 24 heavy (non-hydrogen) atoms. The molecule has 1 aliphatic carbocycles. The minimum atomic E-state index is -0.106. The van der Waals surface area contributed by atoms with Crippen molar-refractivity contribution in [2.75, 3.05) is 18.4 Å². The Morgan fingerprint density at radius 3 is 2.62 bits per heavy atom. The first-order valence-corrected chi connectivity index (χ1v) is 8.92. The second kappa shape index (κ2) is 6.44. The summed E-state index contributed by atoms with van der Waals surface area (Å²) in [7, 11) is 0. The molecule has 0 radical (unpaired) electrons. The SMILES string of the molecule is Cc1occc1C(=O)Nc1ccc2c(c1)CCN(C1CCC1)CC2. The first-order chi connectivity index (χ1) is 11.7. The normalized spacial score (nSPS) is 18.5. The molecule has 0 saturated heterocycles. The van der Waals surface area contributed by atoms with Crippen LogP contribution in [-0.4, -0.2) is 29.9 Å². The molecule has 1 aromatic carbocycles. The molecule has 0 spiro atoms. The summed E-state index contributed by atoms with van der Waals surface area (Å²) < 4.78 is 5.21. The highest BCUT2D eigenvalue weighted by Crippen LogP contribution is 2.28. The molecule has 4 rings (SSSR count). The molecule has 1 fully saturated rings. The Morgan fingerprint density at radius 1 is 1.17 bits per heavy atom. The van der Waals surface area contributed by atoms with Crippen molar-refractivity contribution in [3.8, 4) is 0 Å². The topological polar surface area (TPSA) is 45.5 Å². The minimum Gasteiger partial charge on any atom is -0.469 e. The summed E-state index contributed by atoms with van der Waals surface area (Å²) in [5, 5.41) is 3.00. The third-order valence-corrected chi connectivity index (χ3v) is 5.50. The Balaban J connectivity index is 1.47. The van der Waals surface area contributed by atoms with E-state index in [1.54, 1.807) is 19.3 Å². The Bertz CT molecular complexity index is 746. The van der Waals surface area contributed by atoms with Gasteiger partial charge in [-0.25, -0.2) is 0 Å². The van der Waals surface area contributed by atoms with Gasteiger partial charge in [0.05, 0.1) is 11.8 Å². The molecular weight excluding hydrogens is 300 g/mol. The highest BCUT2D eigenvalue weighted by Gasteiger charge is 2.26. The Labute approximate surface area is 142 Å². The molecule has 126 valence electrons. The molecule has 0 bridgehead atoms.